The van der Waals surface area contributed by atoms with E-state index in [1.807, 2.05) is 0 Å². The molecule has 0 aliphatic heterocycles. The fourth-order valence-corrected chi connectivity index (χ4v) is 1.50. The van der Waals surface area contributed by atoms with Crippen LogP contribution in [0.25, 0.3) is 0 Å². The molecule has 1 aromatic carbocycles. The molecule has 22 heavy (non-hydrogen) atoms. The molecule has 0 aliphatic carbocycles. The summed E-state index contributed by atoms with van der Waals surface area (Å²) in [5.74, 6) is -0.185. The van der Waals surface area contributed by atoms with Crippen molar-refractivity contribution in [2.24, 2.45) is 0 Å². The van der Waals surface area contributed by atoms with Crippen molar-refractivity contribution in [2.75, 3.05) is 13.7 Å². The van der Waals surface area contributed by atoms with Crippen molar-refractivity contribution in [3.8, 4) is 11.5 Å². The first-order valence-electron chi connectivity index (χ1n) is 6.70. The zero-order valence-electron chi connectivity index (χ0n) is 13.1. The number of carbonyl (C=O) groups is 2. The van der Waals surface area contributed by atoms with E-state index in [0.717, 1.165) is 0 Å². The first-order valence-corrected chi connectivity index (χ1v) is 6.70. The molecule has 1 unspecified atom stereocenters. The molecule has 0 radical (unpaired) electrons. The minimum Gasteiger partial charge on any atom is -0.497 e. The lowest BCUT2D eigenvalue weighted by Gasteiger charge is -2.22. The third-order valence-electron chi connectivity index (χ3n) is 2.45. The quantitative estimate of drug-likeness (QED) is 0.835. The first-order chi connectivity index (χ1) is 10.2. The van der Waals surface area contributed by atoms with Crippen molar-refractivity contribution in [1.82, 2.24) is 5.32 Å². The molecule has 7 nitrogen and oxygen atoms in total. The number of carboxylic acids is 1. The summed E-state index contributed by atoms with van der Waals surface area (Å²) < 4.78 is 15.4. The Balaban J connectivity index is 2.61. The number of carboxylic acid groups (broad SMARTS) is 1. The van der Waals surface area contributed by atoms with Crippen LogP contribution in [-0.2, 0) is 9.53 Å². The molecule has 1 atom stereocenters. The van der Waals surface area contributed by atoms with E-state index in [0.29, 0.717) is 11.5 Å². The van der Waals surface area contributed by atoms with Crippen LogP contribution in [0, 0.1) is 0 Å². The van der Waals surface area contributed by atoms with Crippen LogP contribution in [0.15, 0.2) is 24.3 Å². The molecule has 2 N–H and O–H groups in total. The Bertz CT molecular complexity index is 523. The number of carbonyl (C=O) groups excluding carboxylic acids is 1. The number of methoxy groups -OCH3 is 1. The number of hydrogen-bond donors (Lipinski definition) is 2. The molecule has 0 aromatic heterocycles. The molecule has 7 heteroatoms. The maximum absolute atomic E-state index is 11.6. The minimum absolute atomic E-state index is 0.234. The topological polar surface area (TPSA) is 94.1 Å². The van der Waals surface area contributed by atoms with E-state index in [9.17, 15) is 9.59 Å². The number of hydrogen-bond acceptors (Lipinski definition) is 5. The summed E-state index contributed by atoms with van der Waals surface area (Å²) in [4.78, 5) is 22.8. The summed E-state index contributed by atoms with van der Waals surface area (Å²) in [5, 5.41) is 11.4. The van der Waals surface area contributed by atoms with Gasteiger partial charge in [0.2, 0.25) is 0 Å². The van der Waals surface area contributed by atoms with Crippen LogP contribution in [-0.4, -0.2) is 42.5 Å². The van der Waals surface area contributed by atoms with E-state index >= 15 is 0 Å². The Morgan fingerprint density at radius 1 is 1.27 bits per heavy atom. The highest BCUT2D eigenvalue weighted by atomic mass is 16.6. The normalized spacial score (nSPS) is 12.2. The van der Waals surface area contributed by atoms with Gasteiger partial charge in [-0.25, -0.2) is 9.59 Å². The Hall–Kier alpha value is -2.44. The lowest BCUT2D eigenvalue weighted by Crippen LogP contribution is -2.46. The highest BCUT2D eigenvalue weighted by molar-refractivity contribution is 5.80. The minimum atomic E-state index is -1.22. The summed E-state index contributed by atoms with van der Waals surface area (Å²) in [6, 6.07) is 5.51. The molecule has 0 heterocycles. The summed E-state index contributed by atoms with van der Waals surface area (Å²) in [7, 11) is 1.52. The zero-order chi connectivity index (χ0) is 16.8. The maximum atomic E-state index is 11.6. The van der Waals surface area contributed by atoms with E-state index in [4.69, 9.17) is 19.3 Å². The molecule has 1 amide bonds. The average Bonchev–Trinajstić information content (AvgIpc) is 2.41. The van der Waals surface area contributed by atoms with Crippen LogP contribution in [0.5, 0.6) is 11.5 Å². The number of alkyl carbamates (subject to hydrolysis) is 1. The van der Waals surface area contributed by atoms with E-state index in [2.05, 4.69) is 5.32 Å². The lowest BCUT2D eigenvalue weighted by atomic mass is 10.2. The van der Waals surface area contributed by atoms with Gasteiger partial charge in [-0.1, -0.05) is 6.07 Å². The predicted octanol–water partition coefficient (Wildman–Crippen LogP) is 2.05. The molecule has 1 aromatic rings. The Morgan fingerprint density at radius 2 is 1.91 bits per heavy atom. The monoisotopic (exact) mass is 311 g/mol. The largest absolute Gasteiger partial charge is 0.497 e. The molecule has 0 saturated heterocycles. The molecule has 1 rings (SSSR count). The highest BCUT2D eigenvalue weighted by Crippen LogP contribution is 2.19. The Kier molecular flexibility index (Phi) is 6.03. The summed E-state index contributed by atoms with van der Waals surface area (Å²) in [6.07, 6.45) is -0.811. The van der Waals surface area contributed by atoms with E-state index in [-0.39, 0.29) is 6.61 Å². The summed E-state index contributed by atoms with van der Waals surface area (Å²) in [6.45, 7) is 4.83. The smallest absolute Gasteiger partial charge is 0.408 e. The van der Waals surface area contributed by atoms with E-state index in [1.165, 1.54) is 7.11 Å². The molecule has 0 saturated carbocycles. The van der Waals surface area contributed by atoms with Crippen LogP contribution in [0.4, 0.5) is 4.79 Å². The number of rotatable bonds is 6. The second-order valence-corrected chi connectivity index (χ2v) is 5.53. The van der Waals surface area contributed by atoms with Gasteiger partial charge >= 0.3 is 12.1 Å². The van der Waals surface area contributed by atoms with Gasteiger partial charge in [0.25, 0.3) is 0 Å². The van der Waals surface area contributed by atoms with Gasteiger partial charge < -0.3 is 24.6 Å². The van der Waals surface area contributed by atoms with Crippen molar-refractivity contribution in [3.05, 3.63) is 24.3 Å². The summed E-state index contributed by atoms with van der Waals surface area (Å²) >= 11 is 0. The average molecular weight is 311 g/mol. The number of nitrogens with one attached hydrogen (secondary N) is 1. The maximum Gasteiger partial charge on any atom is 0.408 e. The Labute approximate surface area is 129 Å². The number of aliphatic carboxylic acids is 1. The van der Waals surface area contributed by atoms with Gasteiger partial charge in [-0.3, -0.25) is 0 Å². The first kappa shape index (κ1) is 17.6. The fraction of sp³-hybridized carbons (Fsp3) is 0.467. The zero-order valence-corrected chi connectivity index (χ0v) is 13.1. The predicted molar refractivity (Wildman–Crippen MR) is 79.3 cm³/mol. The molecular weight excluding hydrogens is 290 g/mol. The second kappa shape index (κ2) is 7.53. The SMILES string of the molecule is COc1cccc(OCC(NC(=O)OC(C)(C)C)C(=O)O)c1. The van der Waals surface area contributed by atoms with Gasteiger partial charge in [0.15, 0.2) is 6.04 Å². The van der Waals surface area contributed by atoms with Gasteiger partial charge in [-0.2, -0.15) is 0 Å². The van der Waals surface area contributed by atoms with E-state index in [1.54, 1.807) is 45.0 Å². The Morgan fingerprint density at radius 3 is 2.45 bits per heavy atom. The molecule has 122 valence electrons. The number of amides is 1. The van der Waals surface area contributed by atoms with Gasteiger partial charge in [0.05, 0.1) is 7.11 Å². The van der Waals surface area contributed by atoms with Crippen molar-refractivity contribution in [3.63, 3.8) is 0 Å². The molecular formula is C15H21NO6. The van der Waals surface area contributed by atoms with Gasteiger partial charge in [-0.05, 0) is 32.9 Å². The number of benzene rings is 1. The van der Waals surface area contributed by atoms with Crippen LogP contribution in [0.1, 0.15) is 20.8 Å². The second-order valence-electron chi connectivity index (χ2n) is 5.53. The van der Waals surface area contributed by atoms with Crippen LogP contribution >= 0.6 is 0 Å². The van der Waals surface area contributed by atoms with Gasteiger partial charge in [0, 0.05) is 6.07 Å². The standard InChI is InChI=1S/C15H21NO6/c1-15(2,3)22-14(19)16-12(13(17)18)9-21-11-7-5-6-10(8-11)20-4/h5-8,12H,9H2,1-4H3,(H,16,19)(H,17,18). The van der Waals surface area contributed by atoms with Crippen LogP contribution in [0.3, 0.4) is 0 Å². The van der Waals surface area contributed by atoms with E-state index < -0.39 is 23.7 Å². The van der Waals surface area contributed by atoms with Crippen molar-refractivity contribution in [2.45, 2.75) is 32.4 Å². The van der Waals surface area contributed by atoms with Gasteiger partial charge in [0.1, 0.15) is 23.7 Å². The molecule has 0 spiro atoms. The van der Waals surface area contributed by atoms with Crippen LogP contribution in [0.2, 0.25) is 0 Å². The molecule has 0 aliphatic rings. The number of ether oxygens (including phenoxy) is 3. The summed E-state index contributed by atoms with van der Waals surface area (Å²) in [5.41, 5.74) is -0.708. The van der Waals surface area contributed by atoms with Crippen LogP contribution < -0.4 is 14.8 Å². The third-order valence-corrected chi connectivity index (χ3v) is 2.45. The van der Waals surface area contributed by atoms with Crippen molar-refractivity contribution in [1.29, 1.82) is 0 Å². The highest BCUT2D eigenvalue weighted by Gasteiger charge is 2.24. The fourth-order valence-electron chi connectivity index (χ4n) is 1.50. The van der Waals surface area contributed by atoms with Crippen molar-refractivity contribution >= 4 is 12.1 Å². The lowest BCUT2D eigenvalue weighted by molar-refractivity contribution is -0.140. The third kappa shape index (κ3) is 6.34. The molecule has 0 fully saturated rings. The van der Waals surface area contributed by atoms with Crippen molar-refractivity contribution < 1.29 is 28.9 Å². The molecule has 0 bridgehead atoms. The van der Waals surface area contributed by atoms with Gasteiger partial charge in [-0.15, -0.1) is 0 Å².